The smallest absolute Gasteiger partial charge is 0.253 e. The Balaban J connectivity index is 2.62. The fraction of sp³-hybridized carbons (Fsp3) is 0.562. The van der Waals surface area contributed by atoms with Gasteiger partial charge in [0.1, 0.15) is 0 Å². The van der Waals surface area contributed by atoms with Crippen LogP contribution in [0.1, 0.15) is 37.6 Å². The number of rotatable bonds is 8. The zero-order valence-electron chi connectivity index (χ0n) is 13.2. The fourth-order valence-corrected chi connectivity index (χ4v) is 2.27. The molecule has 118 valence electrons. The van der Waals surface area contributed by atoms with Gasteiger partial charge < -0.3 is 20.0 Å². The molecule has 0 unspecified atom stereocenters. The van der Waals surface area contributed by atoms with Crippen LogP contribution in [0.3, 0.4) is 0 Å². The standard InChI is InChI=1S/C16H26N2O3/c1-4-17(5-2)10-7-11-18(6-3)16(21)13-8-9-14(19)15(20)12-13/h8-9,12,19-20H,4-7,10-11H2,1-3H3. The molecule has 0 radical (unpaired) electrons. The van der Waals surface area contributed by atoms with Crippen molar-refractivity contribution in [1.29, 1.82) is 0 Å². The summed E-state index contributed by atoms with van der Waals surface area (Å²) in [4.78, 5) is 16.5. The summed E-state index contributed by atoms with van der Waals surface area (Å²) in [6.45, 7) is 10.5. The summed E-state index contributed by atoms with van der Waals surface area (Å²) in [5.74, 6) is -0.594. The van der Waals surface area contributed by atoms with Gasteiger partial charge in [-0.1, -0.05) is 13.8 Å². The van der Waals surface area contributed by atoms with Crippen LogP contribution in [0, 0.1) is 0 Å². The third-order valence-electron chi connectivity index (χ3n) is 3.69. The van der Waals surface area contributed by atoms with Crippen LogP contribution in [0.25, 0.3) is 0 Å². The van der Waals surface area contributed by atoms with Crippen molar-refractivity contribution in [1.82, 2.24) is 9.80 Å². The maximum absolute atomic E-state index is 12.4. The van der Waals surface area contributed by atoms with Crippen molar-refractivity contribution in [2.45, 2.75) is 27.2 Å². The molecule has 5 nitrogen and oxygen atoms in total. The minimum atomic E-state index is -0.264. The Hall–Kier alpha value is -1.75. The number of hydrogen-bond donors (Lipinski definition) is 2. The van der Waals surface area contributed by atoms with Crippen LogP contribution in [-0.2, 0) is 0 Å². The van der Waals surface area contributed by atoms with Crippen molar-refractivity contribution in [3.05, 3.63) is 23.8 Å². The molecule has 1 rings (SSSR count). The summed E-state index contributed by atoms with van der Waals surface area (Å²) in [5.41, 5.74) is 0.398. The Morgan fingerprint density at radius 1 is 1.00 bits per heavy atom. The van der Waals surface area contributed by atoms with Crippen LogP contribution in [0.15, 0.2) is 18.2 Å². The second-order valence-corrected chi connectivity index (χ2v) is 4.97. The Labute approximate surface area is 126 Å². The van der Waals surface area contributed by atoms with E-state index in [0.29, 0.717) is 18.7 Å². The summed E-state index contributed by atoms with van der Waals surface area (Å²) in [7, 11) is 0. The molecule has 0 aliphatic heterocycles. The molecule has 21 heavy (non-hydrogen) atoms. The van der Waals surface area contributed by atoms with E-state index in [4.69, 9.17) is 0 Å². The van der Waals surface area contributed by atoms with Gasteiger partial charge >= 0.3 is 0 Å². The second kappa shape index (κ2) is 8.52. The number of carbonyl (C=O) groups excluding carboxylic acids is 1. The molecule has 1 aromatic carbocycles. The van der Waals surface area contributed by atoms with E-state index in [0.717, 1.165) is 26.1 Å². The normalized spacial score (nSPS) is 10.9. The Kier molecular flexibility index (Phi) is 7.02. The van der Waals surface area contributed by atoms with Gasteiger partial charge in [-0.05, 0) is 51.2 Å². The first-order chi connectivity index (χ1) is 10.0. The Bertz CT molecular complexity index is 459. The van der Waals surface area contributed by atoms with Gasteiger partial charge in [-0.2, -0.15) is 0 Å². The van der Waals surface area contributed by atoms with Crippen LogP contribution in [0.4, 0.5) is 0 Å². The van der Waals surface area contributed by atoms with Crippen molar-refractivity contribution in [3.63, 3.8) is 0 Å². The number of nitrogens with zero attached hydrogens (tertiary/aromatic N) is 2. The molecule has 2 N–H and O–H groups in total. The first kappa shape index (κ1) is 17.3. The van der Waals surface area contributed by atoms with E-state index in [1.165, 1.54) is 18.2 Å². The maximum Gasteiger partial charge on any atom is 0.253 e. The molecule has 0 aromatic heterocycles. The lowest BCUT2D eigenvalue weighted by atomic mass is 10.1. The highest BCUT2D eigenvalue weighted by Crippen LogP contribution is 2.25. The van der Waals surface area contributed by atoms with Gasteiger partial charge in [-0.25, -0.2) is 0 Å². The monoisotopic (exact) mass is 294 g/mol. The molecule has 0 heterocycles. The van der Waals surface area contributed by atoms with Crippen molar-refractivity contribution >= 4 is 5.91 Å². The lowest BCUT2D eigenvalue weighted by Gasteiger charge is -2.23. The zero-order chi connectivity index (χ0) is 15.8. The summed E-state index contributed by atoms with van der Waals surface area (Å²) in [6.07, 6.45) is 0.922. The maximum atomic E-state index is 12.4. The minimum absolute atomic E-state index is 0.118. The topological polar surface area (TPSA) is 64.0 Å². The van der Waals surface area contributed by atoms with E-state index < -0.39 is 0 Å². The van der Waals surface area contributed by atoms with E-state index in [1.807, 2.05) is 6.92 Å². The van der Waals surface area contributed by atoms with Crippen molar-refractivity contribution < 1.29 is 15.0 Å². The van der Waals surface area contributed by atoms with Crippen LogP contribution >= 0.6 is 0 Å². The summed E-state index contributed by atoms with van der Waals surface area (Å²) < 4.78 is 0. The van der Waals surface area contributed by atoms with Crippen LogP contribution < -0.4 is 0 Å². The van der Waals surface area contributed by atoms with E-state index in [1.54, 1.807) is 4.90 Å². The number of phenolic OH excluding ortho intramolecular Hbond substituents is 2. The number of benzene rings is 1. The number of aromatic hydroxyl groups is 2. The predicted octanol–water partition coefficient (Wildman–Crippen LogP) is 2.29. The van der Waals surface area contributed by atoms with E-state index >= 15 is 0 Å². The minimum Gasteiger partial charge on any atom is -0.504 e. The first-order valence-electron chi connectivity index (χ1n) is 7.57. The van der Waals surface area contributed by atoms with Gasteiger partial charge in [-0.3, -0.25) is 4.79 Å². The first-order valence-corrected chi connectivity index (χ1v) is 7.57. The van der Waals surface area contributed by atoms with Gasteiger partial charge in [0.25, 0.3) is 5.91 Å². The lowest BCUT2D eigenvalue weighted by molar-refractivity contribution is 0.0757. The van der Waals surface area contributed by atoms with Gasteiger partial charge in [0.15, 0.2) is 11.5 Å². The third-order valence-corrected chi connectivity index (χ3v) is 3.69. The molecule has 0 fully saturated rings. The summed E-state index contributed by atoms with van der Waals surface area (Å²) in [5, 5.41) is 18.8. The van der Waals surface area contributed by atoms with Crippen molar-refractivity contribution in [2.75, 3.05) is 32.7 Å². The fourth-order valence-electron chi connectivity index (χ4n) is 2.27. The molecule has 0 saturated heterocycles. The van der Waals surface area contributed by atoms with E-state index in [2.05, 4.69) is 18.7 Å². The molecule has 0 aliphatic rings. The molecule has 1 amide bonds. The Morgan fingerprint density at radius 2 is 1.67 bits per heavy atom. The van der Waals surface area contributed by atoms with Gasteiger partial charge in [0.05, 0.1) is 0 Å². The number of phenols is 2. The molecule has 1 aromatic rings. The summed E-state index contributed by atoms with van der Waals surface area (Å²) in [6, 6.07) is 4.18. The molecule has 0 atom stereocenters. The van der Waals surface area contributed by atoms with Crippen LogP contribution in [0.2, 0.25) is 0 Å². The molecule has 0 spiro atoms. The average Bonchev–Trinajstić information content (AvgIpc) is 2.50. The van der Waals surface area contributed by atoms with Crippen molar-refractivity contribution in [3.8, 4) is 11.5 Å². The molecule has 0 aliphatic carbocycles. The van der Waals surface area contributed by atoms with Crippen LogP contribution in [0.5, 0.6) is 11.5 Å². The van der Waals surface area contributed by atoms with Crippen LogP contribution in [-0.4, -0.2) is 58.6 Å². The molecule has 0 saturated carbocycles. The zero-order valence-corrected chi connectivity index (χ0v) is 13.2. The summed E-state index contributed by atoms with van der Waals surface area (Å²) >= 11 is 0. The predicted molar refractivity (Wildman–Crippen MR) is 83.8 cm³/mol. The number of hydrogen-bond acceptors (Lipinski definition) is 4. The highest BCUT2D eigenvalue weighted by molar-refractivity contribution is 5.94. The van der Waals surface area contributed by atoms with Gasteiger partial charge in [-0.15, -0.1) is 0 Å². The average molecular weight is 294 g/mol. The Morgan fingerprint density at radius 3 is 2.19 bits per heavy atom. The van der Waals surface area contributed by atoms with Crippen molar-refractivity contribution in [2.24, 2.45) is 0 Å². The van der Waals surface area contributed by atoms with E-state index in [-0.39, 0.29) is 17.4 Å². The molecular weight excluding hydrogens is 268 g/mol. The quantitative estimate of drug-likeness (QED) is 0.722. The largest absolute Gasteiger partial charge is 0.504 e. The van der Waals surface area contributed by atoms with Gasteiger partial charge in [0, 0.05) is 18.7 Å². The molecule has 5 heteroatoms. The third kappa shape index (κ3) is 4.93. The van der Waals surface area contributed by atoms with Gasteiger partial charge in [0.2, 0.25) is 0 Å². The highest BCUT2D eigenvalue weighted by Gasteiger charge is 2.15. The molecule has 0 bridgehead atoms. The lowest BCUT2D eigenvalue weighted by Crippen LogP contribution is -2.34. The second-order valence-electron chi connectivity index (χ2n) is 4.97. The molecular formula is C16H26N2O3. The van der Waals surface area contributed by atoms with E-state index in [9.17, 15) is 15.0 Å². The highest BCUT2D eigenvalue weighted by atomic mass is 16.3. The SMILES string of the molecule is CCN(CC)CCCN(CC)C(=O)c1ccc(O)c(O)c1. The number of amides is 1. The number of carbonyl (C=O) groups is 1.